The minimum atomic E-state index is -1.48. The molecule has 9 nitrogen and oxygen atoms in total. The van der Waals surface area contributed by atoms with E-state index in [9.17, 15) is 19.1 Å². The highest BCUT2D eigenvalue weighted by Gasteiger charge is 2.37. The average Bonchev–Trinajstić information content (AvgIpc) is 3.14. The number of aryl methyl sites for hydroxylation is 1. The molecule has 1 amide bonds. The third kappa shape index (κ3) is 4.53. The molecule has 6 rings (SSSR count). The quantitative estimate of drug-likeness (QED) is 0.333. The lowest BCUT2D eigenvalue weighted by Gasteiger charge is -2.41. The molecular formula is C30H27F3N6O3S. The second kappa shape index (κ2) is 10.7. The molecule has 0 bridgehead atoms. The lowest BCUT2D eigenvalue weighted by Crippen LogP contribution is -2.56. The van der Waals surface area contributed by atoms with Crippen molar-refractivity contribution < 1.29 is 23.1 Å². The summed E-state index contributed by atoms with van der Waals surface area (Å²) >= 11 is 1.10. The van der Waals surface area contributed by atoms with Gasteiger partial charge in [-0.2, -0.15) is 4.98 Å². The maximum Gasteiger partial charge on any atom is 0.355 e. The molecule has 0 spiro atoms. The Labute approximate surface area is 248 Å². The number of benzene rings is 1. The van der Waals surface area contributed by atoms with E-state index in [1.165, 1.54) is 10.6 Å². The van der Waals surface area contributed by atoms with Crippen molar-refractivity contribution in [1.29, 1.82) is 0 Å². The topological polar surface area (TPSA) is 104 Å². The number of rotatable bonds is 4. The highest BCUT2D eigenvalue weighted by Crippen LogP contribution is 2.45. The maximum atomic E-state index is 16.5. The zero-order chi connectivity index (χ0) is 30.7. The monoisotopic (exact) mass is 608 g/mol. The largest absolute Gasteiger partial charge is 0.507 e. The van der Waals surface area contributed by atoms with Crippen LogP contribution in [0.25, 0.3) is 28.0 Å². The molecule has 222 valence electrons. The first kappa shape index (κ1) is 28.7. The number of carbonyl (C=O) groups excluding carboxylic acids is 1. The Hall–Kier alpha value is -4.39. The number of fused-ring (bicyclic) bond motifs is 2. The molecule has 1 N–H and O–H groups in total. The molecular weight excluding hydrogens is 581 g/mol. The summed E-state index contributed by atoms with van der Waals surface area (Å²) in [4.78, 5) is 43.3. The van der Waals surface area contributed by atoms with E-state index < -0.39 is 40.1 Å². The number of carbonyl (C=O) groups is 1. The van der Waals surface area contributed by atoms with E-state index in [4.69, 9.17) is 0 Å². The van der Waals surface area contributed by atoms with E-state index in [0.29, 0.717) is 30.0 Å². The van der Waals surface area contributed by atoms with Crippen molar-refractivity contribution in [3.05, 3.63) is 76.2 Å². The molecule has 1 unspecified atom stereocenters. The summed E-state index contributed by atoms with van der Waals surface area (Å²) in [7, 11) is 0. The van der Waals surface area contributed by atoms with Crippen LogP contribution in [0, 0.1) is 24.4 Å². The van der Waals surface area contributed by atoms with Crippen molar-refractivity contribution in [2.45, 2.75) is 37.6 Å². The van der Waals surface area contributed by atoms with Crippen molar-refractivity contribution in [3.8, 4) is 22.7 Å². The Morgan fingerprint density at radius 2 is 1.93 bits per heavy atom. The highest BCUT2D eigenvalue weighted by molar-refractivity contribution is 7.99. The molecule has 4 aromatic rings. The second-order valence-corrected chi connectivity index (χ2v) is 11.8. The van der Waals surface area contributed by atoms with Gasteiger partial charge in [-0.25, -0.2) is 27.5 Å². The zero-order valence-electron chi connectivity index (χ0n) is 23.6. The molecule has 1 saturated heterocycles. The van der Waals surface area contributed by atoms with Crippen LogP contribution in [0.2, 0.25) is 0 Å². The van der Waals surface area contributed by atoms with Crippen molar-refractivity contribution >= 4 is 34.5 Å². The molecule has 13 heteroatoms. The molecule has 2 aliphatic rings. The fraction of sp³-hybridized carbons (Fsp3) is 0.300. The number of anilines is 1. The highest BCUT2D eigenvalue weighted by atomic mass is 32.2. The molecule has 2 aliphatic heterocycles. The molecule has 3 aromatic heterocycles. The van der Waals surface area contributed by atoms with Crippen molar-refractivity contribution in [3.63, 3.8) is 0 Å². The summed E-state index contributed by atoms with van der Waals surface area (Å²) in [6, 6.07) is 3.02. The van der Waals surface area contributed by atoms with Crippen molar-refractivity contribution in [1.82, 2.24) is 24.4 Å². The normalized spacial score (nSPS) is 16.4. The summed E-state index contributed by atoms with van der Waals surface area (Å²) in [6.07, 6.45) is 2.84. The SMILES string of the molecule is C=CC(=O)N1CCN2c3nc(=O)n(-c4c(C)ccnc4C(C)C)c4nc(-c5c(O)ccc(F)c5F)c(F)c(c34)SCC2C1. The second-order valence-electron chi connectivity index (χ2n) is 10.8. The van der Waals surface area contributed by atoms with Crippen LogP contribution in [-0.4, -0.2) is 66.9 Å². The molecule has 5 heterocycles. The summed E-state index contributed by atoms with van der Waals surface area (Å²) < 4.78 is 47.3. The molecule has 0 saturated carbocycles. The van der Waals surface area contributed by atoms with Crippen molar-refractivity contribution in [2.24, 2.45) is 0 Å². The Bertz CT molecular complexity index is 1900. The van der Waals surface area contributed by atoms with Crippen LogP contribution in [0.4, 0.5) is 19.0 Å². The van der Waals surface area contributed by atoms with E-state index in [2.05, 4.69) is 21.5 Å². The first-order valence-electron chi connectivity index (χ1n) is 13.6. The predicted molar refractivity (Wildman–Crippen MR) is 157 cm³/mol. The summed E-state index contributed by atoms with van der Waals surface area (Å²) in [5, 5.41) is 10.8. The van der Waals surface area contributed by atoms with E-state index in [1.807, 2.05) is 18.7 Å². The van der Waals surface area contributed by atoms with Crippen LogP contribution in [0.3, 0.4) is 0 Å². The smallest absolute Gasteiger partial charge is 0.355 e. The van der Waals surface area contributed by atoms with Gasteiger partial charge in [-0.3, -0.25) is 9.78 Å². The predicted octanol–water partition coefficient (Wildman–Crippen LogP) is 4.71. The van der Waals surface area contributed by atoms with E-state index in [0.717, 1.165) is 23.9 Å². The number of pyridine rings is 2. The Balaban J connectivity index is 1.72. The van der Waals surface area contributed by atoms with E-state index in [-0.39, 0.29) is 51.9 Å². The number of halogens is 3. The van der Waals surface area contributed by atoms with Gasteiger partial charge in [-0.05, 0) is 42.7 Å². The van der Waals surface area contributed by atoms with Gasteiger partial charge in [0.05, 0.1) is 33.3 Å². The van der Waals surface area contributed by atoms with E-state index >= 15 is 8.78 Å². The first-order chi connectivity index (χ1) is 20.5. The maximum absolute atomic E-state index is 16.5. The van der Waals surface area contributed by atoms with Gasteiger partial charge in [0.15, 0.2) is 23.1 Å². The molecule has 0 radical (unpaired) electrons. The Kier molecular flexibility index (Phi) is 7.15. The van der Waals surface area contributed by atoms with Crippen LogP contribution in [0.15, 0.2) is 46.7 Å². The average molecular weight is 609 g/mol. The lowest BCUT2D eigenvalue weighted by atomic mass is 10.0. The number of amides is 1. The van der Waals surface area contributed by atoms with Crippen molar-refractivity contribution in [2.75, 3.05) is 30.3 Å². The Morgan fingerprint density at radius 1 is 1.16 bits per heavy atom. The van der Waals surface area contributed by atoms with Crippen LogP contribution >= 0.6 is 11.8 Å². The molecule has 1 atom stereocenters. The number of phenolic OH excluding ortho intramolecular Hbond substituents is 1. The minimum absolute atomic E-state index is 0.0166. The van der Waals surface area contributed by atoms with Gasteiger partial charge >= 0.3 is 5.69 Å². The standard InChI is InChI=1S/C30H27F3N6O3S/c1-5-19(41)37-10-11-38-16(12-37)13-43-27-21-28(38)36-30(42)39(26-15(4)8-9-34-24(26)14(2)3)29(21)35-25(23(27)33)20-18(40)7-6-17(31)22(20)32/h5-9,14,16,40H,1,10-13H2,2-4H3. The van der Waals surface area contributed by atoms with Gasteiger partial charge < -0.3 is 14.9 Å². The first-order valence-corrected chi connectivity index (χ1v) is 14.6. The number of nitrogens with zero attached hydrogens (tertiary/aromatic N) is 6. The third-order valence-electron chi connectivity index (χ3n) is 7.80. The molecule has 1 fully saturated rings. The number of aromatic hydroxyl groups is 1. The molecule has 0 aliphatic carbocycles. The van der Waals surface area contributed by atoms with Gasteiger partial charge in [0, 0.05) is 31.6 Å². The third-order valence-corrected chi connectivity index (χ3v) is 9.02. The minimum Gasteiger partial charge on any atom is -0.507 e. The summed E-state index contributed by atoms with van der Waals surface area (Å²) in [5.74, 6) is -4.40. The number of thioether (sulfide) groups is 1. The van der Waals surface area contributed by atoms with Gasteiger partial charge in [0.2, 0.25) is 5.91 Å². The number of aromatic nitrogens is 4. The van der Waals surface area contributed by atoms with Gasteiger partial charge in [0.1, 0.15) is 17.3 Å². The van der Waals surface area contributed by atoms with Crippen LogP contribution < -0.4 is 10.6 Å². The number of hydrogen-bond donors (Lipinski definition) is 1. The number of hydrogen-bond acceptors (Lipinski definition) is 8. The zero-order valence-corrected chi connectivity index (χ0v) is 24.4. The van der Waals surface area contributed by atoms with Crippen LogP contribution in [-0.2, 0) is 4.79 Å². The molecule has 43 heavy (non-hydrogen) atoms. The Morgan fingerprint density at radius 3 is 2.65 bits per heavy atom. The van der Waals surface area contributed by atoms with Gasteiger partial charge in [-0.15, -0.1) is 11.8 Å². The van der Waals surface area contributed by atoms with E-state index in [1.54, 1.807) is 24.1 Å². The van der Waals surface area contributed by atoms with Crippen LogP contribution in [0.1, 0.15) is 31.0 Å². The fourth-order valence-corrected chi connectivity index (χ4v) is 6.92. The van der Waals surface area contributed by atoms with Gasteiger partial charge in [0.25, 0.3) is 0 Å². The van der Waals surface area contributed by atoms with Crippen LogP contribution in [0.5, 0.6) is 5.75 Å². The van der Waals surface area contributed by atoms with Gasteiger partial charge in [-0.1, -0.05) is 20.4 Å². The fourth-order valence-electron chi connectivity index (χ4n) is 5.73. The summed E-state index contributed by atoms with van der Waals surface area (Å²) in [5.41, 5.74) is -0.549. The lowest BCUT2D eigenvalue weighted by molar-refractivity contribution is -0.126. The number of phenols is 1. The number of piperazine rings is 1. The molecule has 1 aromatic carbocycles. The summed E-state index contributed by atoms with van der Waals surface area (Å²) in [6.45, 7) is 10.1.